The van der Waals surface area contributed by atoms with E-state index in [1.807, 2.05) is 42.5 Å². The monoisotopic (exact) mass is 660 g/mol. The molecule has 3 unspecified atom stereocenters. The number of benzene rings is 5. The number of nitrogens with one attached hydrogen (secondary N) is 1. The molecule has 49 heavy (non-hydrogen) atoms. The third-order valence-electron chi connectivity index (χ3n) is 10.5. The number of allylic oxidation sites excluding steroid dienone is 4. The van der Waals surface area contributed by atoms with Crippen molar-refractivity contribution in [3.8, 4) is 34.1 Å². The summed E-state index contributed by atoms with van der Waals surface area (Å²) < 4.78 is 14.6. The maximum atomic E-state index is 12.5. The molecule has 2 heterocycles. The molecule has 2 amide bonds. The maximum absolute atomic E-state index is 12.5. The SMILES string of the molecule is CC1(C2(c3ccccc3)c3ccc(Oc4ccc5c(c4)CN(P)C5=O)cc3-c3cc(Oc4ccc5c(c4)C(=O)NC5)ccc32)C=CC=CC1. The molecule has 2 aliphatic carbocycles. The summed E-state index contributed by atoms with van der Waals surface area (Å²) >= 11 is 0. The molecule has 7 heteroatoms. The van der Waals surface area contributed by atoms with Gasteiger partial charge in [-0.2, -0.15) is 0 Å². The average Bonchev–Trinajstić information content (AvgIpc) is 3.73. The van der Waals surface area contributed by atoms with E-state index in [4.69, 9.17) is 9.47 Å². The molecule has 240 valence electrons. The van der Waals surface area contributed by atoms with Gasteiger partial charge >= 0.3 is 0 Å². The molecular weight excluding hydrogens is 627 g/mol. The first-order valence-corrected chi connectivity index (χ1v) is 17.0. The fourth-order valence-corrected chi connectivity index (χ4v) is 8.61. The molecule has 9 rings (SSSR count). The Morgan fingerprint density at radius 2 is 1.33 bits per heavy atom. The molecule has 5 aromatic carbocycles. The molecule has 6 nitrogen and oxygen atoms in total. The third kappa shape index (κ3) is 4.51. The van der Waals surface area contributed by atoms with Crippen LogP contribution in [0.3, 0.4) is 0 Å². The Morgan fingerprint density at radius 3 is 2.00 bits per heavy atom. The van der Waals surface area contributed by atoms with Crippen LogP contribution in [0.5, 0.6) is 23.0 Å². The van der Waals surface area contributed by atoms with Crippen LogP contribution < -0.4 is 14.8 Å². The summed E-state index contributed by atoms with van der Waals surface area (Å²) in [6.07, 6.45) is 9.77. The number of rotatable bonds is 6. The molecule has 0 saturated heterocycles. The summed E-state index contributed by atoms with van der Waals surface area (Å²) in [7, 11) is 2.49. The fraction of sp³-hybridized carbons (Fsp3) is 0.143. The third-order valence-corrected chi connectivity index (χ3v) is 11.0. The summed E-state index contributed by atoms with van der Waals surface area (Å²) in [5, 5.41) is 2.88. The minimum absolute atomic E-state index is 0.000723. The van der Waals surface area contributed by atoms with Gasteiger partial charge in [0.1, 0.15) is 23.0 Å². The van der Waals surface area contributed by atoms with Crippen LogP contribution in [-0.2, 0) is 18.5 Å². The lowest BCUT2D eigenvalue weighted by molar-refractivity contribution is 0.0887. The minimum Gasteiger partial charge on any atom is -0.457 e. The van der Waals surface area contributed by atoms with Gasteiger partial charge in [0.15, 0.2) is 0 Å². The molecule has 2 aliphatic heterocycles. The maximum Gasteiger partial charge on any atom is 0.257 e. The van der Waals surface area contributed by atoms with Crippen molar-refractivity contribution in [2.45, 2.75) is 31.8 Å². The van der Waals surface area contributed by atoms with Crippen molar-refractivity contribution >= 4 is 21.2 Å². The van der Waals surface area contributed by atoms with Crippen molar-refractivity contribution in [2.75, 3.05) is 0 Å². The summed E-state index contributed by atoms with van der Waals surface area (Å²) in [5.74, 6) is 2.62. The lowest BCUT2D eigenvalue weighted by Gasteiger charge is -2.47. The molecule has 3 atom stereocenters. The van der Waals surface area contributed by atoms with Crippen molar-refractivity contribution in [3.63, 3.8) is 0 Å². The zero-order chi connectivity index (χ0) is 33.3. The second-order valence-electron chi connectivity index (χ2n) is 13.4. The molecule has 0 fully saturated rings. The Kier molecular flexibility index (Phi) is 6.69. The number of nitrogens with zero attached hydrogens (tertiary/aromatic N) is 1. The minimum atomic E-state index is -0.501. The molecule has 0 bridgehead atoms. The van der Waals surface area contributed by atoms with Gasteiger partial charge in [-0.05, 0) is 109 Å². The standard InChI is InChI=1S/C42H33N2O4P/c1-41(18-6-3-7-19-41)42(28-8-4-2-5-9-28)37-16-13-31(47-29-12-15-33-27(20-29)25-44(49)40(33)46)22-35(37)36-23-32(14-17-38(36)42)48-30-11-10-26-24-43-39(45)34(26)21-30/h2-18,20-23H,19,24-25,49H2,1H3,(H,43,45). The Balaban J connectivity index is 1.20. The van der Waals surface area contributed by atoms with Crippen LogP contribution >= 0.6 is 9.39 Å². The van der Waals surface area contributed by atoms with Crippen molar-refractivity contribution in [3.05, 3.63) is 166 Å². The van der Waals surface area contributed by atoms with Crippen LogP contribution in [0.15, 0.2) is 127 Å². The van der Waals surface area contributed by atoms with E-state index in [1.54, 1.807) is 4.67 Å². The van der Waals surface area contributed by atoms with Crippen LogP contribution in [0, 0.1) is 5.41 Å². The van der Waals surface area contributed by atoms with E-state index < -0.39 is 5.41 Å². The van der Waals surface area contributed by atoms with E-state index in [9.17, 15) is 9.59 Å². The molecule has 0 spiro atoms. The van der Waals surface area contributed by atoms with Crippen molar-refractivity contribution in [2.24, 2.45) is 5.41 Å². The van der Waals surface area contributed by atoms with E-state index in [0.29, 0.717) is 47.2 Å². The van der Waals surface area contributed by atoms with Crippen molar-refractivity contribution < 1.29 is 19.1 Å². The van der Waals surface area contributed by atoms with E-state index in [0.717, 1.165) is 28.7 Å². The van der Waals surface area contributed by atoms with Crippen molar-refractivity contribution in [1.82, 2.24) is 9.99 Å². The van der Waals surface area contributed by atoms with Crippen LogP contribution in [0.4, 0.5) is 0 Å². The van der Waals surface area contributed by atoms with Crippen LogP contribution in [-0.4, -0.2) is 16.5 Å². The smallest absolute Gasteiger partial charge is 0.257 e. The zero-order valence-corrected chi connectivity index (χ0v) is 28.1. The Morgan fingerprint density at radius 1 is 0.694 bits per heavy atom. The van der Waals surface area contributed by atoms with Gasteiger partial charge in [-0.3, -0.25) is 9.59 Å². The Labute approximate surface area is 287 Å². The van der Waals surface area contributed by atoms with E-state index in [2.05, 4.69) is 107 Å². The van der Waals surface area contributed by atoms with Gasteiger partial charge in [0.25, 0.3) is 11.8 Å². The van der Waals surface area contributed by atoms with Gasteiger partial charge in [0.05, 0.1) is 12.0 Å². The summed E-state index contributed by atoms with van der Waals surface area (Å²) in [6, 6.07) is 34.9. The summed E-state index contributed by atoms with van der Waals surface area (Å²) in [4.78, 5) is 24.9. The fourth-order valence-electron chi connectivity index (χ4n) is 8.28. The number of carbonyl (C=O) groups is 2. The van der Waals surface area contributed by atoms with Gasteiger partial charge < -0.3 is 19.5 Å². The summed E-state index contributed by atoms with van der Waals surface area (Å²) in [5.41, 5.74) is 8.27. The van der Waals surface area contributed by atoms with E-state index >= 15 is 0 Å². The van der Waals surface area contributed by atoms with Gasteiger partial charge in [-0.15, -0.1) is 0 Å². The Bertz CT molecular complexity index is 2280. The first-order valence-electron chi connectivity index (χ1n) is 16.5. The molecule has 1 N–H and O–H groups in total. The average molecular weight is 661 g/mol. The van der Waals surface area contributed by atoms with Gasteiger partial charge in [0, 0.05) is 23.1 Å². The number of hydrogen-bond donors (Lipinski definition) is 1. The lowest BCUT2D eigenvalue weighted by Crippen LogP contribution is -2.43. The van der Waals surface area contributed by atoms with E-state index in [1.165, 1.54) is 16.7 Å². The second-order valence-corrected chi connectivity index (χ2v) is 14.0. The molecule has 0 aromatic heterocycles. The lowest BCUT2D eigenvalue weighted by atomic mass is 9.54. The molecule has 4 aliphatic rings. The number of fused-ring (bicyclic) bond motifs is 5. The first kappa shape index (κ1) is 29.7. The van der Waals surface area contributed by atoms with Crippen LogP contribution in [0.2, 0.25) is 0 Å². The van der Waals surface area contributed by atoms with Crippen LogP contribution in [0.25, 0.3) is 11.1 Å². The van der Waals surface area contributed by atoms with E-state index in [-0.39, 0.29) is 17.2 Å². The topological polar surface area (TPSA) is 67.9 Å². The zero-order valence-electron chi connectivity index (χ0n) is 26.9. The second kappa shape index (κ2) is 11.0. The highest BCUT2D eigenvalue weighted by Crippen LogP contribution is 2.63. The highest BCUT2D eigenvalue weighted by molar-refractivity contribution is 7.14. The number of hydrogen-bond acceptors (Lipinski definition) is 4. The van der Waals surface area contributed by atoms with Gasteiger partial charge in [-0.1, -0.05) is 79.8 Å². The predicted molar refractivity (Wildman–Crippen MR) is 193 cm³/mol. The van der Waals surface area contributed by atoms with Gasteiger partial charge in [-0.25, -0.2) is 0 Å². The number of amides is 2. The highest BCUT2D eigenvalue weighted by atomic mass is 31.0. The van der Waals surface area contributed by atoms with Crippen molar-refractivity contribution in [1.29, 1.82) is 0 Å². The molecule has 0 saturated carbocycles. The molecular formula is C42H33N2O4P. The predicted octanol–water partition coefficient (Wildman–Crippen LogP) is 9.10. The summed E-state index contributed by atoms with van der Waals surface area (Å²) in [6.45, 7) is 3.42. The number of ether oxygens (including phenoxy) is 2. The largest absolute Gasteiger partial charge is 0.457 e. The number of carbonyl (C=O) groups excluding carboxylic acids is 2. The Hall–Kier alpha value is -5.45. The molecule has 5 aromatic rings. The first-order chi connectivity index (χ1) is 23.8. The quantitative estimate of drug-likeness (QED) is 0.185. The molecule has 0 radical (unpaired) electrons. The normalized spacial score (nSPS) is 21.2. The highest BCUT2D eigenvalue weighted by Gasteiger charge is 2.55. The van der Waals surface area contributed by atoms with Crippen LogP contribution in [0.1, 0.15) is 61.9 Å². The van der Waals surface area contributed by atoms with Gasteiger partial charge in [0.2, 0.25) is 0 Å².